The lowest BCUT2D eigenvalue weighted by Crippen LogP contribution is -2.47. The van der Waals surface area contributed by atoms with Gasteiger partial charge in [-0.25, -0.2) is 0 Å². The number of nitrogens with zero attached hydrogens (tertiary/aromatic N) is 1. The Kier molecular flexibility index (Phi) is 17.0. The summed E-state index contributed by atoms with van der Waals surface area (Å²) in [5.41, 5.74) is 0. The summed E-state index contributed by atoms with van der Waals surface area (Å²) in [6, 6.07) is 0. The number of aliphatic carboxylic acids is 1. The Morgan fingerprint density at radius 2 is 1.34 bits per heavy atom. The number of carbonyl (C=O) groups is 1. The number of carboxylic acid groups (broad SMARTS) is 1. The number of quaternary nitrogens is 1. The fraction of sp³-hybridized carbons (Fsp3) is 0.800. The number of likely N-dealkylation sites (N-methyl/N-ethyl adjacent to an activating group) is 1. The van der Waals surface area contributed by atoms with E-state index in [-0.39, 0.29) is 0 Å². The van der Waals surface area contributed by atoms with Gasteiger partial charge in [0.15, 0.2) is 0 Å². The molecule has 0 saturated carbocycles. The van der Waals surface area contributed by atoms with Crippen LogP contribution in [0.15, 0.2) is 24.3 Å². The fourth-order valence-corrected chi connectivity index (χ4v) is 3.50. The molecule has 0 aromatic carbocycles. The molecule has 0 spiro atoms. The monoisotopic (exact) mass is 409 g/mol. The number of carbonyl (C=O) groups excluding carboxylic acids is 1. The lowest BCUT2D eigenvalue weighted by atomic mass is 10.0. The van der Waals surface area contributed by atoms with Crippen LogP contribution in [0, 0.1) is 5.92 Å². The van der Waals surface area contributed by atoms with Gasteiger partial charge in [-0.1, -0.05) is 102 Å². The Hall–Kier alpha value is -1.13. The van der Waals surface area contributed by atoms with Crippen molar-refractivity contribution in [3.05, 3.63) is 24.3 Å². The summed E-state index contributed by atoms with van der Waals surface area (Å²) in [6.45, 7) is 2.63. The zero-order valence-corrected chi connectivity index (χ0v) is 19.6. The maximum absolute atomic E-state index is 11.3. The van der Waals surface area contributed by atoms with Crippen molar-refractivity contribution >= 4 is 5.97 Å². The molecule has 0 heterocycles. The van der Waals surface area contributed by atoms with Gasteiger partial charge < -0.3 is 19.5 Å². The Morgan fingerprint density at radius 1 is 0.862 bits per heavy atom. The number of rotatable bonds is 19. The fourth-order valence-electron chi connectivity index (χ4n) is 3.50. The van der Waals surface area contributed by atoms with Crippen molar-refractivity contribution in [1.29, 1.82) is 0 Å². The lowest BCUT2D eigenvalue weighted by Gasteiger charge is -2.30. The molecule has 29 heavy (non-hydrogen) atoms. The molecule has 2 unspecified atom stereocenters. The van der Waals surface area contributed by atoms with Crippen LogP contribution in [0.3, 0.4) is 0 Å². The maximum Gasteiger partial charge on any atom is 0.114 e. The lowest BCUT2D eigenvalue weighted by molar-refractivity contribution is -0.873. The van der Waals surface area contributed by atoms with Crippen LogP contribution in [-0.2, 0) is 4.79 Å². The van der Waals surface area contributed by atoms with Crippen molar-refractivity contribution < 1.29 is 19.5 Å². The van der Waals surface area contributed by atoms with Gasteiger partial charge in [-0.05, 0) is 12.8 Å². The number of hydrogen-bond acceptors (Lipinski definition) is 3. The zero-order chi connectivity index (χ0) is 22.0. The average molecular weight is 410 g/mol. The van der Waals surface area contributed by atoms with Gasteiger partial charge in [-0.15, -0.1) is 0 Å². The molecule has 0 saturated heterocycles. The summed E-state index contributed by atoms with van der Waals surface area (Å²) in [6.07, 6.45) is 23.5. The zero-order valence-electron chi connectivity index (χ0n) is 19.6. The first kappa shape index (κ1) is 27.9. The van der Waals surface area contributed by atoms with E-state index in [1.54, 1.807) is 6.08 Å². The van der Waals surface area contributed by atoms with E-state index in [2.05, 4.69) is 13.0 Å². The molecule has 0 rings (SSSR count). The number of aliphatic hydroxyl groups excluding tert-OH is 1. The van der Waals surface area contributed by atoms with E-state index in [1.165, 1.54) is 83.1 Å². The van der Waals surface area contributed by atoms with E-state index < -0.39 is 18.0 Å². The van der Waals surface area contributed by atoms with Gasteiger partial charge in [-0.2, -0.15) is 0 Å². The van der Waals surface area contributed by atoms with Gasteiger partial charge >= 0.3 is 0 Å². The normalized spacial score (nSPS) is 14.7. The minimum absolute atomic E-state index is 0.367. The summed E-state index contributed by atoms with van der Waals surface area (Å²) >= 11 is 0. The molecule has 0 bridgehead atoms. The van der Waals surface area contributed by atoms with E-state index in [0.29, 0.717) is 11.0 Å². The third-order valence-electron chi connectivity index (χ3n) is 5.21. The molecule has 0 aliphatic heterocycles. The number of aliphatic hydroxyl groups is 1. The molecule has 2 atom stereocenters. The first-order chi connectivity index (χ1) is 13.8. The van der Waals surface area contributed by atoms with E-state index in [9.17, 15) is 15.0 Å². The summed E-state index contributed by atoms with van der Waals surface area (Å²) in [5, 5.41) is 21.4. The second kappa shape index (κ2) is 17.7. The van der Waals surface area contributed by atoms with E-state index in [1.807, 2.05) is 27.2 Å². The van der Waals surface area contributed by atoms with Crippen LogP contribution >= 0.6 is 0 Å². The van der Waals surface area contributed by atoms with Gasteiger partial charge in [0.1, 0.15) is 12.6 Å². The molecule has 0 aliphatic rings. The molecule has 4 nitrogen and oxygen atoms in total. The average Bonchev–Trinajstić information content (AvgIpc) is 2.62. The summed E-state index contributed by atoms with van der Waals surface area (Å²) in [7, 11) is 5.77. The summed E-state index contributed by atoms with van der Waals surface area (Å²) in [4.78, 5) is 11.3. The van der Waals surface area contributed by atoms with Gasteiger partial charge in [0.2, 0.25) is 0 Å². The van der Waals surface area contributed by atoms with Crippen LogP contribution in [0.4, 0.5) is 0 Å². The summed E-state index contributed by atoms with van der Waals surface area (Å²) in [5.74, 6) is -2.19. The van der Waals surface area contributed by atoms with E-state index in [4.69, 9.17) is 0 Å². The first-order valence-electron chi connectivity index (χ1n) is 11.8. The van der Waals surface area contributed by atoms with Gasteiger partial charge in [0, 0.05) is 5.92 Å². The number of carboxylic acids is 1. The predicted molar refractivity (Wildman–Crippen MR) is 121 cm³/mol. The third kappa shape index (κ3) is 18.6. The minimum atomic E-state index is -1.23. The first-order valence-corrected chi connectivity index (χ1v) is 11.8. The van der Waals surface area contributed by atoms with Crippen molar-refractivity contribution in [2.75, 3.05) is 27.7 Å². The number of allylic oxidation sites excluding steroid dienone is 3. The highest BCUT2D eigenvalue weighted by molar-refractivity contribution is 5.70. The van der Waals surface area contributed by atoms with Crippen LogP contribution in [0.2, 0.25) is 0 Å². The smallest absolute Gasteiger partial charge is 0.114 e. The Balaban J connectivity index is 3.75. The Labute approximate surface area is 180 Å². The molecule has 0 aromatic rings. The molecule has 4 heteroatoms. The molecule has 0 aromatic heterocycles. The highest BCUT2D eigenvalue weighted by Gasteiger charge is 2.23. The standard InChI is InChI=1S/C25H47NO3/c1-5-6-7-8-9-10-11-12-13-14-15-16-17-18-19-20-21-23(25(28)29)24(27)22-26(2,3)4/h18-21,23-24,27H,5-17,22H2,1-4H3. The number of unbranched alkanes of at least 4 members (excludes halogenated alkanes) is 12. The highest BCUT2D eigenvalue weighted by Crippen LogP contribution is 2.13. The minimum Gasteiger partial charge on any atom is -0.549 e. The van der Waals surface area contributed by atoms with Gasteiger partial charge in [0.25, 0.3) is 0 Å². The highest BCUT2D eigenvalue weighted by atomic mass is 16.4. The van der Waals surface area contributed by atoms with Crippen molar-refractivity contribution in [3.8, 4) is 0 Å². The van der Waals surface area contributed by atoms with Crippen molar-refractivity contribution in [2.24, 2.45) is 5.92 Å². The van der Waals surface area contributed by atoms with Crippen LogP contribution in [0.1, 0.15) is 90.4 Å². The van der Waals surface area contributed by atoms with E-state index in [0.717, 1.165) is 6.42 Å². The van der Waals surface area contributed by atoms with Crippen molar-refractivity contribution in [2.45, 2.75) is 96.5 Å². The van der Waals surface area contributed by atoms with Crippen LogP contribution in [0.25, 0.3) is 0 Å². The Morgan fingerprint density at radius 3 is 1.79 bits per heavy atom. The SMILES string of the molecule is CCCCCCCCCCCCCCC=CC=CC(C(=O)[O-])C(O)C[N+](C)(C)C. The van der Waals surface area contributed by atoms with Gasteiger partial charge in [0.05, 0.1) is 27.1 Å². The molecule has 0 radical (unpaired) electrons. The predicted octanol–water partition coefficient (Wildman–Crippen LogP) is 4.62. The van der Waals surface area contributed by atoms with Crippen molar-refractivity contribution in [3.63, 3.8) is 0 Å². The van der Waals surface area contributed by atoms with E-state index >= 15 is 0 Å². The third-order valence-corrected chi connectivity index (χ3v) is 5.21. The second-order valence-electron chi connectivity index (χ2n) is 9.38. The van der Waals surface area contributed by atoms with Gasteiger partial charge in [-0.3, -0.25) is 0 Å². The molecule has 0 amide bonds. The number of hydrogen-bond donors (Lipinski definition) is 1. The largest absolute Gasteiger partial charge is 0.549 e. The summed E-state index contributed by atoms with van der Waals surface area (Å²) < 4.78 is 0.508. The van der Waals surface area contributed by atoms with Crippen LogP contribution in [0.5, 0.6) is 0 Å². The molecule has 170 valence electrons. The molecular formula is C25H47NO3. The molecule has 0 aliphatic carbocycles. The topological polar surface area (TPSA) is 60.4 Å². The molecule has 0 fully saturated rings. The quantitative estimate of drug-likeness (QED) is 0.192. The van der Waals surface area contributed by atoms with Crippen molar-refractivity contribution in [1.82, 2.24) is 0 Å². The molecule has 1 N–H and O–H groups in total. The van der Waals surface area contributed by atoms with Crippen LogP contribution in [-0.4, -0.2) is 49.4 Å². The maximum atomic E-state index is 11.3. The van der Waals surface area contributed by atoms with Crippen LogP contribution < -0.4 is 5.11 Å². The Bertz CT molecular complexity index is 451. The second-order valence-corrected chi connectivity index (χ2v) is 9.38. The molecular weight excluding hydrogens is 362 g/mol.